The molecule has 0 saturated heterocycles. The molecule has 0 radical (unpaired) electrons. The van der Waals surface area contributed by atoms with Gasteiger partial charge in [0, 0.05) is 6.92 Å². The molecular weight excluding hydrogens is 200 g/mol. The molecule has 3 N–H and O–H groups in total. The van der Waals surface area contributed by atoms with Crippen LogP contribution in [0.2, 0.25) is 0 Å². The number of rotatable bonds is 1. The fraction of sp³-hybridized carbons (Fsp3) is 0.462. The van der Waals surface area contributed by atoms with Gasteiger partial charge < -0.3 is 11.1 Å². The van der Waals surface area contributed by atoms with Gasteiger partial charge in [0.15, 0.2) is 0 Å². The quantitative estimate of drug-likeness (QED) is 0.716. The zero-order valence-electron chi connectivity index (χ0n) is 11.2. The summed E-state index contributed by atoms with van der Waals surface area (Å²) in [6.07, 6.45) is 0. The molecular formula is C13H24N2O. The highest BCUT2D eigenvalue weighted by atomic mass is 16.1. The Labute approximate surface area is 99.0 Å². The first-order chi connectivity index (χ1) is 7.61. The molecule has 3 nitrogen and oxygen atoms in total. The Morgan fingerprint density at radius 3 is 2.12 bits per heavy atom. The molecule has 0 atom stereocenters. The number of aryl methyl sites for hydroxylation is 1. The van der Waals surface area contributed by atoms with Gasteiger partial charge in [-0.15, -0.1) is 0 Å². The molecule has 0 bridgehead atoms. The lowest BCUT2D eigenvalue weighted by molar-refractivity contribution is -0.114. The first-order valence-corrected chi connectivity index (χ1v) is 5.74. The first kappa shape index (κ1) is 16.9. The van der Waals surface area contributed by atoms with E-state index in [9.17, 15) is 4.79 Å². The molecule has 1 aromatic carbocycles. The van der Waals surface area contributed by atoms with E-state index < -0.39 is 0 Å². The zero-order chi connectivity index (χ0) is 13.1. The fourth-order valence-electron chi connectivity index (χ4n) is 0.979. The van der Waals surface area contributed by atoms with Gasteiger partial charge in [0.05, 0.1) is 11.4 Å². The molecule has 1 rings (SSSR count). The number of nitrogen functional groups attached to an aromatic ring is 1. The van der Waals surface area contributed by atoms with Gasteiger partial charge in [0.25, 0.3) is 0 Å². The lowest BCUT2D eigenvalue weighted by Crippen LogP contribution is -2.08. The summed E-state index contributed by atoms with van der Waals surface area (Å²) >= 11 is 0. The van der Waals surface area contributed by atoms with Gasteiger partial charge in [-0.1, -0.05) is 39.8 Å². The van der Waals surface area contributed by atoms with Crippen LogP contribution in [0.4, 0.5) is 11.4 Å². The van der Waals surface area contributed by atoms with Gasteiger partial charge in [-0.05, 0) is 18.6 Å². The maximum Gasteiger partial charge on any atom is 0.221 e. The van der Waals surface area contributed by atoms with Crippen LogP contribution in [0, 0.1) is 6.92 Å². The maximum absolute atomic E-state index is 10.7. The van der Waals surface area contributed by atoms with E-state index in [-0.39, 0.29) is 5.91 Å². The Morgan fingerprint density at radius 1 is 1.19 bits per heavy atom. The third-order valence-electron chi connectivity index (χ3n) is 1.63. The number of hydrogen-bond donors (Lipinski definition) is 2. The topological polar surface area (TPSA) is 55.1 Å². The predicted molar refractivity (Wildman–Crippen MR) is 72.6 cm³/mol. The van der Waals surface area contributed by atoms with Crippen LogP contribution >= 0.6 is 0 Å². The Hall–Kier alpha value is -1.51. The SMILES string of the molecule is CC.CC.CC(=O)Nc1cccc(C)c1N. The highest BCUT2D eigenvalue weighted by molar-refractivity contribution is 5.92. The number of anilines is 2. The highest BCUT2D eigenvalue weighted by Crippen LogP contribution is 2.21. The van der Waals surface area contributed by atoms with Crippen LogP contribution in [0.1, 0.15) is 40.2 Å². The van der Waals surface area contributed by atoms with Crippen molar-refractivity contribution in [3.63, 3.8) is 0 Å². The summed E-state index contributed by atoms with van der Waals surface area (Å²) in [5.74, 6) is -0.104. The molecule has 0 aliphatic heterocycles. The van der Waals surface area contributed by atoms with Gasteiger partial charge >= 0.3 is 0 Å². The van der Waals surface area contributed by atoms with Crippen LogP contribution in [0.3, 0.4) is 0 Å². The maximum atomic E-state index is 10.7. The Balaban J connectivity index is 0. The molecule has 0 unspecified atom stereocenters. The molecule has 0 heterocycles. The molecule has 1 amide bonds. The second kappa shape index (κ2) is 10.0. The van der Waals surface area contributed by atoms with E-state index in [1.165, 1.54) is 6.92 Å². The smallest absolute Gasteiger partial charge is 0.221 e. The van der Waals surface area contributed by atoms with Gasteiger partial charge in [-0.2, -0.15) is 0 Å². The van der Waals surface area contributed by atoms with Crippen LogP contribution in [0.25, 0.3) is 0 Å². The lowest BCUT2D eigenvalue weighted by Gasteiger charge is -2.07. The van der Waals surface area contributed by atoms with Crippen molar-refractivity contribution in [2.75, 3.05) is 11.1 Å². The van der Waals surface area contributed by atoms with Crippen molar-refractivity contribution in [3.05, 3.63) is 23.8 Å². The second-order valence-corrected chi connectivity index (χ2v) is 2.72. The summed E-state index contributed by atoms with van der Waals surface area (Å²) in [6, 6.07) is 5.54. The van der Waals surface area contributed by atoms with Crippen LogP contribution in [0.15, 0.2) is 18.2 Å². The number of nitrogens with two attached hydrogens (primary N) is 1. The predicted octanol–water partition coefficient (Wildman–Crippen LogP) is 3.59. The van der Waals surface area contributed by atoms with E-state index in [0.29, 0.717) is 11.4 Å². The molecule has 0 aliphatic rings. The summed E-state index contributed by atoms with van der Waals surface area (Å²) in [4.78, 5) is 10.7. The van der Waals surface area contributed by atoms with Crippen molar-refractivity contribution in [3.8, 4) is 0 Å². The molecule has 0 saturated carbocycles. The van der Waals surface area contributed by atoms with Crippen molar-refractivity contribution in [1.29, 1.82) is 0 Å². The number of amides is 1. The van der Waals surface area contributed by atoms with Crippen LogP contribution in [0.5, 0.6) is 0 Å². The monoisotopic (exact) mass is 224 g/mol. The minimum atomic E-state index is -0.104. The number of hydrogen-bond acceptors (Lipinski definition) is 2. The number of benzene rings is 1. The van der Waals surface area contributed by atoms with E-state index >= 15 is 0 Å². The molecule has 0 aromatic heterocycles. The van der Waals surface area contributed by atoms with Crippen LogP contribution in [-0.4, -0.2) is 5.91 Å². The third kappa shape index (κ3) is 6.06. The number of carbonyl (C=O) groups is 1. The minimum Gasteiger partial charge on any atom is -0.397 e. The highest BCUT2D eigenvalue weighted by Gasteiger charge is 2.01. The van der Waals surface area contributed by atoms with Crippen LogP contribution in [-0.2, 0) is 4.79 Å². The van der Waals surface area contributed by atoms with Crippen molar-refractivity contribution < 1.29 is 4.79 Å². The standard InChI is InChI=1S/C9H12N2O.2C2H6/c1-6-4-3-5-8(9(6)10)11-7(2)12;2*1-2/h3-5H,10H2,1-2H3,(H,11,12);2*1-2H3. The van der Waals surface area contributed by atoms with Gasteiger partial charge in [-0.25, -0.2) is 0 Å². The molecule has 1 aromatic rings. The van der Waals surface area contributed by atoms with Gasteiger partial charge in [-0.3, -0.25) is 4.79 Å². The summed E-state index contributed by atoms with van der Waals surface area (Å²) in [6.45, 7) is 11.4. The normalized spacial score (nSPS) is 7.88. The third-order valence-corrected chi connectivity index (χ3v) is 1.63. The lowest BCUT2D eigenvalue weighted by atomic mass is 10.2. The molecule has 0 spiro atoms. The number of nitrogens with one attached hydrogen (secondary N) is 1. The molecule has 0 aliphatic carbocycles. The Bertz CT molecular complexity index is 309. The fourth-order valence-corrected chi connectivity index (χ4v) is 0.979. The molecule has 16 heavy (non-hydrogen) atoms. The summed E-state index contributed by atoms with van der Waals surface area (Å²) in [5.41, 5.74) is 8.00. The molecule has 92 valence electrons. The Morgan fingerprint density at radius 2 is 1.69 bits per heavy atom. The van der Waals surface area contributed by atoms with Crippen molar-refractivity contribution in [2.24, 2.45) is 0 Å². The summed E-state index contributed by atoms with van der Waals surface area (Å²) in [5, 5.41) is 2.65. The summed E-state index contributed by atoms with van der Waals surface area (Å²) in [7, 11) is 0. The molecule has 0 fully saturated rings. The molecule has 3 heteroatoms. The van der Waals surface area contributed by atoms with E-state index in [4.69, 9.17) is 5.73 Å². The van der Waals surface area contributed by atoms with E-state index in [1.807, 2.05) is 46.8 Å². The van der Waals surface area contributed by atoms with Crippen LogP contribution < -0.4 is 11.1 Å². The zero-order valence-corrected chi connectivity index (χ0v) is 11.2. The second-order valence-electron chi connectivity index (χ2n) is 2.72. The first-order valence-electron chi connectivity index (χ1n) is 5.74. The largest absolute Gasteiger partial charge is 0.397 e. The summed E-state index contributed by atoms with van der Waals surface area (Å²) < 4.78 is 0. The van der Waals surface area contributed by atoms with E-state index in [2.05, 4.69) is 5.32 Å². The number of carbonyl (C=O) groups excluding carboxylic acids is 1. The van der Waals surface area contributed by atoms with Crippen molar-refractivity contribution in [2.45, 2.75) is 41.5 Å². The Kier molecular flexibility index (Phi) is 10.6. The van der Waals surface area contributed by atoms with E-state index in [0.717, 1.165) is 5.56 Å². The average molecular weight is 224 g/mol. The van der Waals surface area contributed by atoms with Crippen molar-refractivity contribution in [1.82, 2.24) is 0 Å². The van der Waals surface area contributed by atoms with E-state index in [1.54, 1.807) is 6.07 Å². The van der Waals surface area contributed by atoms with Gasteiger partial charge in [0.2, 0.25) is 5.91 Å². The number of para-hydroxylation sites is 1. The average Bonchev–Trinajstić information content (AvgIpc) is 2.30. The van der Waals surface area contributed by atoms with Crippen molar-refractivity contribution >= 4 is 17.3 Å². The van der Waals surface area contributed by atoms with Gasteiger partial charge in [0.1, 0.15) is 0 Å². The minimum absolute atomic E-state index is 0.104.